The summed E-state index contributed by atoms with van der Waals surface area (Å²) in [6.45, 7) is 7.12. The molecular formula is C24H38. The lowest BCUT2D eigenvalue weighted by Crippen LogP contribution is -2.29. The summed E-state index contributed by atoms with van der Waals surface area (Å²) in [7, 11) is 0. The molecular weight excluding hydrogens is 288 g/mol. The molecule has 0 nitrogen and oxygen atoms in total. The van der Waals surface area contributed by atoms with Gasteiger partial charge in [0.05, 0.1) is 0 Å². The Balaban J connectivity index is 1.53. The molecule has 1 aromatic carbocycles. The molecule has 2 aliphatic rings. The van der Waals surface area contributed by atoms with Crippen LogP contribution in [0.1, 0.15) is 95.6 Å². The van der Waals surface area contributed by atoms with Gasteiger partial charge < -0.3 is 0 Å². The lowest BCUT2D eigenvalue weighted by atomic mass is 9.65. The molecule has 3 rings (SSSR count). The summed E-state index contributed by atoms with van der Waals surface area (Å²) in [5, 5.41) is 0. The van der Waals surface area contributed by atoms with Gasteiger partial charge in [-0.05, 0) is 79.2 Å². The van der Waals surface area contributed by atoms with Crippen molar-refractivity contribution >= 4 is 0 Å². The third-order valence-electron chi connectivity index (χ3n) is 7.28. The molecule has 2 saturated carbocycles. The Morgan fingerprint density at radius 3 is 2.08 bits per heavy atom. The summed E-state index contributed by atoms with van der Waals surface area (Å²) in [4.78, 5) is 0. The van der Waals surface area contributed by atoms with Gasteiger partial charge in [-0.25, -0.2) is 0 Å². The predicted molar refractivity (Wildman–Crippen MR) is 105 cm³/mol. The van der Waals surface area contributed by atoms with Gasteiger partial charge >= 0.3 is 0 Å². The Labute approximate surface area is 150 Å². The van der Waals surface area contributed by atoms with Crippen LogP contribution in [0.4, 0.5) is 0 Å². The Bertz CT molecular complexity index is 477. The zero-order valence-corrected chi connectivity index (χ0v) is 16.3. The van der Waals surface area contributed by atoms with E-state index in [1.165, 1.54) is 63.4 Å². The van der Waals surface area contributed by atoms with E-state index in [9.17, 15) is 0 Å². The molecule has 2 aliphatic carbocycles. The molecule has 0 radical (unpaired) electrons. The fraction of sp³-hybridized carbons (Fsp3) is 0.750. The van der Waals surface area contributed by atoms with E-state index in [4.69, 9.17) is 0 Å². The maximum Gasteiger partial charge on any atom is -0.0136 e. The Morgan fingerprint density at radius 2 is 1.50 bits per heavy atom. The first kappa shape index (κ1) is 18.0. The quantitative estimate of drug-likeness (QED) is 0.529. The SMILES string of the molecule is CCCC1CCC(C2CC[C@@H](c3ccc(CC)cc3)[C@H](C)C2)CC1. The monoisotopic (exact) mass is 326 g/mol. The minimum Gasteiger partial charge on any atom is -0.0654 e. The molecule has 2 fully saturated rings. The van der Waals surface area contributed by atoms with E-state index in [2.05, 4.69) is 45.0 Å². The van der Waals surface area contributed by atoms with Crippen LogP contribution >= 0.6 is 0 Å². The summed E-state index contributed by atoms with van der Waals surface area (Å²) >= 11 is 0. The van der Waals surface area contributed by atoms with Crippen molar-refractivity contribution in [3.63, 3.8) is 0 Å². The fourth-order valence-electron chi connectivity index (χ4n) is 5.72. The minimum atomic E-state index is 0.809. The maximum absolute atomic E-state index is 2.52. The number of hydrogen-bond acceptors (Lipinski definition) is 0. The molecule has 0 heteroatoms. The molecule has 3 atom stereocenters. The van der Waals surface area contributed by atoms with Gasteiger partial charge in [0.2, 0.25) is 0 Å². The van der Waals surface area contributed by atoms with E-state index in [0.717, 1.165) is 36.0 Å². The van der Waals surface area contributed by atoms with Crippen LogP contribution in [0, 0.1) is 23.7 Å². The van der Waals surface area contributed by atoms with E-state index in [1.54, 1.807) is 5.56 Å². The average Bonchev–Trinajstić information content (AvgIpc) is 2.63. The van der Waals surface area contributed by atoms with Crippen molar-refractivity contribution < 1.29 is 0 Å². The van der Waals surface area contributed by atoms with Crippen molar-refractivity contribution in [2.24, 2.45) is 23.7 Å². The van der Waals surface area contributed by atoms with Crippen LogP contribution in [-0.2, 0) is 6.42 Å². The third kappa shape index (κ3) is 4.24. The van der Waals surface area contributed by atoms with Crippen molar-refractivity contribution in [1.82, 2.24) is 0 Å². The smallest absolute Gasteiger partial charge is 0.0136 e. The van der Waals surface area contributed by atoms with Gasteiger partial charge in [0, 0.05) is 0 Å². The van der Waals surface area contributed by atoms with Crippen LogP contribution in [0.2, 0.25) is 0 Å². The second-order valence-electron chi connectivity index (χ2n) is 8.82. The lowest BCUT2D eigenvalue weighted by molar-refractivity contribution is 0.130. The highest BCUT2D eigenvalue weighted by Gasteiger charge is 2.34. The summed E-state index contributed by atoms with van der Waals surface area (Å²) < 4.78 is 0. The number of hydrogen-bond donors (Lipinski definition) is 0. The number of aryl methyl sites for hydroxylation is 1. The second-order valence-corrected chi connectivity index (χ2v) is 8.82. The summed E-state index contributed by atoms with van der Waals surface area (Å²) in [5.41, 5.74) is 3.08. The van der Waals surface area contributed by atoms with Crippen molar-refractivity contribution in [1.29, 1.82) is 0 Å². The molecule has 0 N–H and O–H groups in total. The second kappa shape index (κ2) is 8.54. The van der Waals surface area contributed by atoms with Crippen molar-refractivity contribution in [2.45, 2.75) is 90.9 Å². The summed E-state index contributed by atoms with van der Waals surface area (Å²) in [6.07, 6.45) is 14.5. The van der Waals surface area contributed by atoms with Gasteiger partial charge in [-0.3, -0.25) is 0 Å². The largest absolute Gasteiger partial charge is 0.0654 e. The Morgan fingerprint density at radius 1 is 0.833 bits per heavy atom. The van der Waals surface area contributed by atoms with E-state index in [1.807, 2.05) is 0 Å². The van der Waals surface area contributed by atoms with E-state index >= 15 is 0 Å². The zero-order chi connectivity index (χ0) is 16.9. The fourth-order valence-corrected chi connectivity index (χ4v) is 5.72. The normalized spacial score (nSPS) is 34.2. The average molecular weight is 327 g/mol. The van der Waals surface area contributed by atoms with Crippen LogP contribution in [0.25, 0.3) is 0 Å². The zero-order valence-electron chi connectivity index (χ0n) is 16.3. The molecule has 24 heavy (non-hydrogen) atoms. The summed E-state index contributed by atoms with van der Waals surface area (Å²) in [5.74, 6) is 4.79. The van der Waals surface area contributed by atoms with Gasteiger partial charge in [-0.1, -0.05) is 70.7 Å². The number of benzene rings is 1. The van der Waals surface area contributed by atoms with Crippen LogP contribution < -0.4 is 0 Å². The molecule has 1 unspecified atom stereocenters. The molecule has 134 valence electrons. The molecule has 0 amide bonds. The number of rotatable bonds is 5. The standard InChI is InChI=1S/C24H38/c1-4-6-20-9-11-21(12-10-20)23-15-16-24(18(3)17-23)22-13-7-19(5-2)8-14-22/h7-8,13-14,18,20-21,23-24H,4-6,9-12,15-17H2,1-3H3/t18-,20?,21?,23?,24-/m1/s1. The van der Waals surface area contributed by atoms with Gasteiger partial charge in [0.1, 0.15) is 0 Å². The lowest BCUT2D eigenvalue weighted by Gasteiger charge is -2.41. The van der Waals surface area contributed by atoms with Crippen molar-refractivity contribution in [3.8, 4) is 0 Å². The van der Waals surface area contributed by atoms with Crippen LogP contribution in [-0.4, -0.2) is 0 Å². The van der Waals surface area contributed by atoms with E-state index in [0.29, 0.717) is 0 Å². The molecule has 0 aromatic heterocycles. The molecule has 0 aliphatic heterocycles. The van der Waals surface area contributed by atoms with Gasteiger partial charge in [0.25, 0.3) is 0 Å². The van der Waals surface area contributed by atoms with Gasteiger partial charge in [-0.2, -0.15) is 0 Å². The first-order valence-corrected chi connectivity index (χ1v) is 10.8. The highest BCUT2D eigenvalue weighted by Crippen LogP contribution is 2.46. The van der Waals surface area contributed by atoms with Crippen LogP contribution in [0.5, 0.6) is 0 Å². The highest BCUT2D eigenvalue weighted by atomic mass is 14.4. The van der Waals surface area contributed by atoms with E-state index in [-0.39, 0.29) is 0 Å². The first-order chi connectivity index (χ1) is 11.7. The van der Waals surface area contributed by atoms with Crippen LogP contribution in [0.15, 0.2) is 24.3 Å². The summed E-state index contributed by atoms with van der Waals surface area (Å²) in [6, 6.07) is 9.53. The van der Waals surface area contributed by atoms with Gasteiger partial charge in [0.15, 0.2) is 0 Å². The predicted octanol–water partition coefficient (Wildman–Crippen LogP) is 7.38. The first-order valence-electron chi connectivity index (χ1n) is 10.8. The molecule has 0 heterocycles. The maximum atomic E-state index is 2.52. The third-order valence-corrected chi connectivity index (χ3v) is 7.28. The van der Waals surface area contributed by atoms with Crippen molar-refractivity contribution in [3.05, 3.63) is 35.4 Å². The molecule has 0 bridgehead atoms. The Hall–Kier alpha value is -0.780. The minimum absolute atomic E-state index is 0.809. The Kier molecular flexibility index (Phi) is 6.42. The van der Waals surface area contributed by atoms with Crippen LogP contribution in [0.3, 0.4) is 0 Å². The molecule has 0 spiro atoms. The molecule has 1 aromatic rings. The highest BCUT2D eigenvalue weighted by molar-refractivity contribution is 5.26. The van der Waals surface area contributed by atoms with Crippen molar-refractivity contribution in [2.75, 3.05) is 0 Å². The topological polar surface area (TPSA) is 0 Å². The van der Waals surface area contributed by atoms with Gasteiger partial charge in [-0.15, -0.1) is 0 Å². The van der Waals surface area contributed by atoms with E-state index < -0.39 is 0 Å². The molecule has 0 saturated heterocycles.